The Labute approximate surface area is 99.2 Å². The summed E-state index contributed by atoms with van der Waals surface area (Å²) in [6.45, 7) is 0. The number of hydrogen-bond donors (Lipinski definition) is 0. The number of sulfone groups is 1. The number of hydrogen-bond acceptors (Lipinski definition) is 4. The van der Waals surface area contributed by atoms with Crippen molar-refractivity contribution in [1.29, 1.82) is 0 Å². The van der Waals surface area contributed by atoms with E-state index < -0.39 is 14.8 Å². The molecule has 82 valence electrons. The van der Waals surface area contributed by atoms with E-state index in [4.69, 9.17) is 11.6 Å². The molecule has 5 nitrogen and oxygen atoms in total. The maximum absolute atomic E-state index is 11.3. The molecule has 0 radical (unpaired) electrons. The number of halogens is 2. The van der Waals surface area contributed by atoms with Gasteiger partial charge in [-0.15, -0.1) is 0 Å². The van der Waals surface area contributed by atoms with E-state index in [9.17, 15) is 18.5 Å². The summed E-state index contributed by atoms with van der Waals surface area (Å²) in [6.07, 6.45) is 0.952. The van der Waals surface area contributed by atoms with Gasteiger partial charge in [-0.1, -0.05) is 11.6 Å². The van der Waals surface area contributed by atoms with Crippen LogP contribution in [-0.4, -0.2) is 19.6 Å². The van der Waals surface area contributed by atoms with Crippen LogP contribution in [0.15, 0.2) is 21.5 Å². The molecule has 0 heterocycles. The average molecular weight is 315 g/mol. The van der Waals surface area contributed by atoms with Crippen LogP contribution in [0.2, 0.25) is 5.02 Å². The topological polar surface area (TPSA) is 77.3 Å². The fraction of sp³-hybridized carbons (Fsp3) is 0.143. The molecule has 1 rings (SSSR count). The smallest absolute Gasteiger partial charge is 0.258 e. The van der Waals surface area contributed by atoms with Gasteiger partial charge in [0.25, 0.3) is 5.69 Å². The first-order valence-corrected chi connectivity index (χ1v) is 6.63. The van der Waals surface area contributed by atoms with Crippen LogP contribution in [-0.2, 0) is 9.84 Å². The summed E-state index contributed by atoms with van der Waals surface area (Å²) in [5.74, 6) is 0. The molecule has 0 saturated heterocycles. The maximum atomic E-state index is 11.3. The van der Waals surface area contributed by atoms with Crippen LogP contribution in [0, 0.1) is 10.1 Å². The van der Waals surface area contributed by atoms with Gasteiger partial charge in [0.15, 0.2) is 9.84 Å². The number of nitrogens with zero attached hydrogens (tertiary/aromatic N) is 1. The zero-order valence-corrected chi connectivity index (χ0v) is 10.6. The molecule has 0 N–H and O–H groups in total. The molecule has 15 heavy (non-hydrogen) atoms. The van der Waals surface area contributed by atoms with E-state index >= 15 is 0 Å². The normalized spacial score (nSPS) is 11.4. The SMILES string of the molecule is CS(=O)(=O)c1cc([N+](=O)[O-])cc(Cl)c1Br. The fourth-order valence-electron chi connectivity index (χ4n) is 0.925. The van der Waals surface area contributed by atoms with Crippen molar-refractivity contribution >= 4 is 43.1 Å². The van der Waals surface area contributed by atoms with Gasteiger partial charge in [-0.2, -0.15) is 0 Å². The van der Waals surface area contributed by atoms with E-state index in [1.165, 1.54) is 0 Å². The Bertz CT molecular complexity index is 528. The van der Waals surface area contributed by atoms with Gasteiger partial charge in [0, 0.05) is 18.4 Å². The molecule has 0 aromatic heterocycles. The highest BCUT2D eigenvalue weighted by Crippen LogP contribution is 2.33. The third-order valence-electron chi connectivity index (χ3n) is 1.59. The zero-order valence-electron chi connectivity index (χ0n) is 7.40. The molecular weight excluding hydrogens is 310 g/mol. The van der Waals surface area contributed by atoms with Crippen molar-refractivity contribution in [1.82, 2.24) is 0 Å². The zero-order chi connectivity index (χ0) is 11.8. The van der Waals surface area contributed by atoms with Crippen LogP contribution in [0.3, 0.4) is 0 Å². The molecular formula is C7H5BrClNO4S. The molecule has 0 aliphatic heterocycles. The van der Waals surface area contributed by atoms with Crippen LogP contribution < -0.4 is 0 Å². The number of benzene rings is 1. The Morgan fingerprint density at radius 1 is 1.47 bits per heavy atom. The molecule has 0 fully saturated rings. The Balaban J connectivity index is 3.59. The number of nitro benzene ring substituents is 1. The van der Waals surface area contributed by atoms with E-state index in [0.29, 0.717) is 0 Å². The Kier molecular flexibility index (Phi) is 3.37. The predicted molar refractivity (Wildman–Crippen MR) is 58.9 cm³/mol. The lowest BCUT2D eigenvalue weighted by molar-refractivity contribution is -0.385. The number of non-ortho nitro benzene ring substituents is 1. The molecule has 0 spiro atoms. The van der Waals surface area contributed by atoms with Gasteiger partial charge in [-0.05, 0) is 15.9 Å². The lowest BCUT2D eigenvalue weighted by Crippen LogP contribution is -2.00. The minimum absolute atomic E-state index is 0.00961. The molecule has 0 amide bonds. The molecule has 0 unspecified atom stereocenters. The van der Waals surface area contributed by atoms with Gasteiger partial charge in [0.2, 0.25) is 0 Å². The summed E-state index contributed by atoms with van der Waals surface area (Å²) in [5.41, 5.74) is -0.358. The van der Waals surface area contributed by atoms with Crippen molar-refractivity contribution in [2.45, 2.75) is 4.90 Å². The Morgan fingerprint density at radius 2 is 2.00 bits per heavy atom. The van der Waals surface area contributed by atoms with Crippen LogP contribution >= 0.6 is 27.5 Å². The highest BCUT2D eigenvalue weighted by molar-refractivity contribution is 9.10. The molecule has 0 atom stereocenters. The van der Waals surface area contributed by atoms with E-state index in [1.807, 2.05) is 0 Å². The Morgan fingerprint density at radius 3 is 2.40 bits per heavy atom. The van der Waals surface area contributed by atoms with Crippen LogP contribution in [0.25, 0.3) is 0 Å². The van der Waals surface area contributed by atoms with Crippen LogP contribution in [0.5, 0.6) is 0 Å². The lowest BCUT2D eigenvalue weighted by atomic mass is 10.3. The summed E-state index contributed by atoms with van der Waals surface area (Å²) in [5, 5.41) is 10.5. The third kappa shape index (κ3) is 2.67. The molecule has 0 aliphatic carbocycles. The minimum atomic E-state index is -3.55. The van der Waals surface area contributed by atoms with Crippen molar-refractivity contribution in [2.75, 3.05) is 6.26 Å². The van der Waals surface area contributed by atoms with Crippen LogP contribution in [0.4, 0.5) is 5.69 Å². The van der Waals surface area contributed by atoms with Gasteiger partial charge in [0.05, 0.1) is 19.3 Å². The van der Waals surface area contributed by atoms with E-state index in [1.54, 1.807) is 0 Å². The summed E-state index contributed by atoms with van der Waals surface area (Å²) in [6, 6.07) is 2.05. The highest BCUT2D eigenvalue weighted by atomic mass is 79.9. The van der Waals surface area contributed by atoms with Crippen molar-refractivity contribution in [3.63, 3.8) is 0 Å². The summed E-state index contributed by atoms with van der Waals surface area (Å²) >= 11 is 8.62. The van der Waals surface area contributed by atoms with Gasteiger partial charge in [0.1, 0.15) is 0 Å². The first-order chi connectivity index (χ1) is 6.73. The van der Waals surface area contributed by atoms with E-state index in [2.05, 4.69) is 15.9 Å². The maximum Gasteiger partial charge on any atom is 0.272 e. The molecule has 0 aliphatic rings. The average Bonchev–Trinajstić information content (AvgIpc) is 2.06. The number of rotatable bonds is 2. The first kappa shape index (κ1) is 12.4. The van der Waals surface area contributed by atoms with Crippen LogP contribution in [0.1, 0.15) is 0 Å². The van der Waals surface area contributed by atoms with Crippen molar-refractivity contribution in [3.8, 4) is 0 Å². The second-order valence-electron chi connectivity index (χ2n) is 2.77. The molecule has 1 aromatic rings. The molecule has 1 aromatic carbocycles. The van der Waals surface area contributed by atoms with Crippen molar-refractivity contribution < 1.29 is 13.3 Å². The third-order valence-corrected chi connectivity index (χ3v) is 4.35. The summed E-state index contributed by atoms with van der Waals surface area (Å²) < 4.78 is 22.7. The van der Waals surface area contributed by atoms with Gasteiger partial charge < -0.3 is 0 Å². The van der Waals surface area contributed by atoms with Gasteiger partial charge in [-0.3, -0.25) is 10.1 Å². The molecule has 0 bridgehead atoms. The molecule has 0 saturated carbocycles. The van der Waals surface area contributed by atoms with Gasteiger partial charge >= 0.3 is 0 Å². The standard InChI is InChI=1S/C7H5BrClNO4S/c1-15(13,14)6-3-4(10(11)12)2-5(9)7(6)8/h2-3H,1H3. The highest BCUT2D eigenvalue weighted by Gasteiger charge is 2.20. The number of nitro groups is 1. The van der Waals surface area contributed by atoms with E-state index in [-0.39, 0.29) is 20.1 Å². The second-order valence-corrected chi connectivity index (χ2v) is 5.95. The lowest BCUT2D eigenvalue weighted by Gasteiger charge is -2.03. The Hall–Kier alpha value is -0.660. The minimum Gasteiger partial charge on any atom is -0.258 e. The van der Waals surface area contributed by atoms with E-state index in [0.717, 1.165) is 18.4 Å². The van der Waals surface area contributed by atoms with Gasteiger partial charge in [-0.25, -0.2) is 8.42 Å². The summed E-state index contributed by atoms with van der Waals surface area (Å²) in [7, 11) is -3.55. The fourth-order valence-corrected chi connectivity index (χ4v) is 3.08. The quantitative estimate of drug-likeness (QED) is 0.620. The van der Waals surface area contributed by atoms with Crippen molar-refractivity contribution in [2.24, 2.45) is 0 Å². The second kappa shape index (κ2) is 4.07. The first-order valence-electron chi connectivity index (χ1n) is 3.57. The summed E-state index contributed by atoms with van der Waals surface area (Å²) in [4.78, 5) is 9.59. The predicted octanol–water partition coefficient (Wildman–Crippen LogP) is 2.41. The van der Waals surface area contributed by atoms with Crippen molar-refractivity contribution in [3.05, 3.63) is 31.7 Å². The molecule has 8 heteroatoms. The largest absolute Gasteiger partial charge is 0.272 e. The monoisotopic (exact) mass is 313 g/mol.